The van der Waals surface area contributed by atoms with E-state index in [9.17, 15) is 4.79 Å². The molecule has 0 aliphatic rings. The molecule has 2 N–H and O–H groups in total. The number of benzene rings is 2. The molecule has 2 aromatic rings. The number of aryl methyl sites for hydroxylation is 1. The van der Waals surface area contributed by atoms with Crippen LogP contribution in [0.1, 0.15) is 15.9 Å². The summed E-state index contributed by atoms with van der Waals surface area (Å²) in [6, 6.07) is 12.9. The van der Waals surface area contributed by atoms with Gasteiger partial charge in [0.2, 0.25) is 0 Å². The molecule has 0 radical (unpaired) electrons. The third-order valence-electron chi connectivity index (χ3n) is 2.96. The number of para-hydroxylation sites is 1. The normalized spacial score (nSPS) is 10.3. The van der Waals surface area contributed by atoms with E-state index < -0.39 is 0 Å². The summed E-state index contributed by atoms with van der Waals surface area (Å²) in [6.45, 7) is 2.01. The summed E-state index contributed by atoms with van der Waals surface area (Å²) in [4.78, 5) is 14.0. The number of nitrogens with two attached hydrogens (primary N) is 1. The molecule has 0 aliphatic heterocycles. The molecule has 0 aromatic heterocycles. The Morgan fingerprint density at radius 3 is 2.53 bits per heavy atom. The lowest BCUT2D eigenvalue weighted by Crippen LogP contribution is -2.27. The molecule has 4 heteroatoms. The van der Waals surface area contributed by atoms with Gasteiger partial charge in [0.25, 0.3) is 5.91 Å². The van der Waals surface area contributed by atoms with Gasteiger partial charge in [-0.15, -0.1) is 0 Å². The maximum absolute atomic E-state index is 12.4. The van der Waals surface area contributed by atoms with Crippen LogP contribution < -0.4 is 10.6 Å². The number of nitrogen functional groups attached to an aromatic ring is 1. The molecule has 98 valence electrons. The molecule has 0 spiro atoms. The Morgan fingerprint density at radius 1 is 1.21 bits per heavy atom. The van der Waals surface area contributed by atoms with Gasteiger partial charge in [-0.25, -0.2) is 0 Å². The lowest BCUT2D eigenvalue weighted by Gasteiger charge is -2.20. The number of carbonyl (C=O) groups is 1. The van der Waals surface area contributed by atoms with Crippen LogP contribution in [0, 0.1) is 6.92 Å². The van der Waals surface area contributed by atoms with Gasteiger partial charge >= 0.3 is 0 Å². The number of amides is 1. The summed E-state index contributed by atoms with van der Waals surface area (Å²) in [5.41, 5.74) is 8.79. The summed E-state index contributed by atoms with van der Waals surface area (Å²) < 4.78 is 0.887. The van der Waals surface area contributed by atoms with Crippen molar-refractivity contribution in [3.63, 3.8) is 0 Å². The van der Waals surface area contributed by atoms with Gasteiger partial charge in [-0.05, 0) is 52.7 Å². The maximum Gasteiger partial charge on any atom is 0.260 e. The molecule has 19 heavy (non-hydrogen) atoms. The highest BCUT2D eigenvalue weighted by atomic mass is 79.9. The van der Waals surface area contributed by atoms with Crippen molar-refractivity contribution in [3.05, 3.63) is 58.1 Å². The third kappa shape index (κ3) is 2.79. The quantitative estimate of drug-likeness (QED) is 0.860. The van der Waals surface area contributed by atoms with E-state index in [0.29, 0.717) is 11.3 Å². The summed E-state index contributed by atoms with van der Waals surface area (Å²) in [7, 11) is 1.74. The topological polar surface area (TPSA) is 46.3 Å². The molecule has 3 nitrogen and oxygen atoms in total. The van der Waals surface area contributed by atoms with Gasteiger partial charge in [-0.2, -0.15) is 0 Å². The molecule has 0 aliphatic carbocycles. The molecule has 0 unspecified atom stereocenters. The van der Waals surface area contributed by atoms with Crippen molar-refractivity contribution in [2.24, 2.45) is 0 Å². The Morgan fingerprint density at radius 2 is 1.89 bits per heavy atom. The predicted molar refractivity (Wildman–Crippen MR) is 82.5 cm³/mol. The van der Waals surface area contributed by atoms with Gasteiger partial charge in [0.05, 0.1) is 11.3 Å². The summed E-state index contributed by atoms with van der Waals surface area (Å²) in [5.74, 6) is -0.123. The fourth-order valence-electron chi connectivity index (χ4n) is 1.87. The van der Waals surface area contributed by atoms with Crippen LogP contribution in [-0.4, -0.2) is 13.0 Å². The van der Waals surface area contributed by atoms with Gasteiger partial charge in [0.15, 0.2) is 0 Å². The number of rotatable bonds is 2. The average molecular weight is 319 g/mol. The number of halogens is 1. The average Bonchev–Trinajstić information content (AvgIpc) is 2.38. The molecule has 0 saturated heterocycles. The lowest BCUT2D eigenvalue weighted by molar-refractivity contribution is 0.0993. The first kappa shape index (κ1) is 13.6. The minimum absolute atomic E-state index is 0.123. The van der Waals surface area contributed by atoms with Crippen LogP contribution >= 0.6 is 15.9 Å². The van der Waals surface area contributed by atoms with E-state index in [4.69, 9.17) is 5.73 Å². The largest absolute Gasteiger partial charge is 0.398 e. The van der Waals surface area contributed by atoms with Crippen molar-refractivity contribution in [1.82, 2.24) is 0 Å². The standard InChI is InChI=1S/C15H15BrN2O/c1-10-7-8-14(12(16)9-10)18(2)15(19)11-5-3-4-6-13(11)17/h3-9H,17H2,1-2H3. The molecule has 1 amide bonds. The second-order valence-corrected chi connectivity index (χ2v) is 5.26. The zero-order chi connectivity index (χ0) is 14.0. The minimum Gasteiger partial charge on any atom is -0.398 e. The first-order valence-corrected chi connectivity index (χ1v) is 6.68. The highest BCUT2D eigenvalue weighted by Crippen LogP contribution is 2.28. The molecular weight excluding hydrogens is 304 g/mol. The Balaban J connectivity index is 2.37. The lowest BCUT2D eigenvalue weighted by atomic mass is 10.1. The zero-order valence-corrected chi connectivity index (χ0v) is 12.4. The van der Waals surface area contributed by atoms with Gasteiger partial charge < -0.3 is 10.6 Å². The third-order valence-corrected chi connectivity index (χ3v) is 3.60. The second-order valence-electron chi connectivity index (χ2n) is 4.41. The van der Waals surface area contributed by atoms with E-state index >= 15 is 0 Å². The first-order valence-electron chi connectivity index (χ1n) is 5.89. The van der Waals surface area contributed by atoms with E-state index in [1.807, 2.05) is 37.3 Å². The number of anilines is 2. The number of nitrogens with zero attached hydrogens (tertiary/aromatic N) is 1. The second kappa shape index (κ2) is 5.45. The van der Waals surface area contributed by atoms with Crippen molar-refractivity contribution in [2.45, 2.75) is 6.92 Å². The van der Waals surface area contributed by atoms with Gasteiger partial charge in [-0.3, -0.25) is 4.79 Å². The maximum atomic E-state index is 12.4. The van der Waals surface area contributed by atoms with Crippen LogP contribution in [0.5, 0.6) is 0 Å². The number of hydrogen-bond donors (Lipinski definition) is 1. The van der Waals surface area contributed by atoms with E-state index in [2.05, 4.69) is 15.9 Å². The monoisotopic (exact) mass is 318 g/mol. The Hall–Kier alpha value is -1.81. The van der Waals surface area contributed by atoms with Crippen LogP contribution in [0.3, 0.4) is 0 Å². The molecule has 0 fully saturated rings. The number of hydrogen-bond acceptors (Lipinski definition) is 2. The summed E-state index contributed by atoms with van der Waals surface area (Å²) in [5, 5.41) is 0. The summed E-state index contributed by atoms with van der Waals surface area (Å²) in [6.07, 6.45) is 0. The van der Waals surface area contributed by atoms with Crippen molar-refractivity contribution >= 4 is 33.2 Å². The van der Waals surface area contributed by atoms with E-state index in [-0.39, 0.29) is 5.91 Å². The molecule has 2 aromatic carbocycles. The SMILES string of the molecule is Cc1ccc(N(C)C(=O)c2ccccc2N)c(Br)c1. The molecular formula is C15H15BrN2O. The smallest absolute Gasteiger partial charge is 0.260 e. The van der Waals surface area contributed by atoms with Crippen molar-refractivity contribution in [1.29, 1.82) is 0 Å². The highest BCUT2D eigenvalue weighted by Gasteiger charge is 2.17. The predicted octanol–water partition coefficient (Wildman–Crippen LogP) is 3.62. The molecule has 0 bridgehead atoms. The first-order chi connectivity index (χ1) is 9.00. The molecule has 0 heterocycles. The fourth-order valence-corrected chi connectivity index (χ4v) is 2.63. The molecule has 0 saturated carbocycles. The molecule has 0 atom stereocenters. The van der Waals surface area contributed by atoms with Crippen LogP contribution in [0.2, 0.25) is 0 Å². The number of carbonyl (C=O) groups excluding carboxylic acids is 1. The Kier molecular flexibility index (Phi) is 3.90. The highest BCUT2D eigenvalue weighted by molar-refractivity contribution is 9.10. The van der Waals surface area contributed by atoms with E-state index in [1.54, 1.807) is 24.1 Å². The van der Waals surface area contributed by atoms with Crippen molar-refractivity contribution in [2.75, 3.05) is 17.7 Å². The Labute approximate surface area is 121 Å². The van der Waals surface area contributed by atoms with E-state index in [0.717, 1.165) is 15.7 Å². The van der Waals surface area contributed by atoms with Gasteiger partial charge in [-0.1, -0.05) is 18.2 Å². The summed E-state index contributed by atoms with van der Waals surface area (Å²) >= 11 is 3.48. The van der Waals surface area contributed by atoms with Crippen LogP contribution in [0.15, 0.2) is 46.9 Å². The van der Waals surface area contributed by atoms with E-state index in [1.165, 1.54) is 0 Å². The minimum atomic E-state index is -0.123. The van der Waals surface area contributed by atoms with Crippen molar-refractivity contribution in [3.8, 4) is 0 Å². The van der Waals surface area contributed by atoms with Crippen molar-refractivity contribution < 1.29 is 4.79 Å². The van der Waals surface area contributed by atoms with Gasteiger partial charge in [0, 0.05) is 17.2 Å². The Bertz CT molecular complexity index is 625. The van der Waals surface area contributed by atoms with Crippen LogP contribution in [-0.2, 0) is 0 Å². The fraction of sp³-hybridized carbons (Fsp3) is 0.133. The molecule has 2 rings (SSSR count). The van der Waals surface area contributed by atoms with Gasteiger partial charge in [0.1, 0.15) is 0 Å². The van der Waals surface area contributed by atoms with Crippen LogP contribution in [0.4, 0.5) is 11.4 Å². The van der Waals surface area contributed by atoms with Crippen LogP contribution in [0.25, 0.3) is 0 Å². The zero-order valence-electron chi connectivity index (χ0n) is 10.9.